The largest absolute Gasteiger partial charge is 0.366 e. The first-order valence-corrected chi connectivity index (χ1v) is 6.47. The molecule has 3 rings (SSSR count). The van der Waals surface area contributed by atoms with E-state index in [0.717, 1.165) is 30.3 Å². The van der Waals surface area contributed by atoms with Crippen LogP contribution in [0.5, 0.6) is 0 Å². The minimum Gasteiger partial charge on any atom is -0.366 e. The number of nitrogens with one attached hydrogen (secondary N) is 3. The number of H-pyrrole nitrogens is 1. The van der Waals surface area contributed by atoms with Crippen molar-refractivity contribution in [1.82, 2.24) is 25.8 Å². The molecule has 0 spiro atoms. The van der Waals surface area contributed by atoms with Gasteiger partial charge in [-0.15, -0.1) is 0 Å². The van der Waals surface area contributed by atoms with Crippen molar-refractivity contribution in [2.75, 3.05) is 7.05 Å². The van der Waals surface area contributed by atoms with Gasteiger partial charge >= 0.3 is 0 Å². The van der Waals surface area contributed by atoms with Crippen molar-refractivity contribution in [3.63, 3.8) is 0 Å². The van der Waals surface area contributed by atoms with Crippen LogP contribution in [-0.2, 0) is 12.8 Å². The summed E-state index contributed by atoms with van der Waals surface area (Å²) >= 11 is 5.15. The highest BCUT2D eigenvalue weighted by atomic mass is 32.1. The normalized spacial score (nSPS) is 18.4. The summed E-state index contributed by atoms with van der Waals surface area (Å²) < 4.78 is 0. The molecule has 0 fully saturated rings. The maximum absolute atomic E-state index is 5.15. The lowest BCUT2D eigenvalue weighted by Crippen LogP contribution is -2.43. The lowest BCUT2D eigenvalue weighted by molar-refractivity contribution is 0.528. The van der Waals surface area contributed by atoms with Crippen LogP contribution in [0.3, 0.4) is 0 Å². The Bertz CT molecular complexity index is 591. The monoisotopic (exact) mass is 261 g/mol. The van der Waals surface area contributed by atoms with E-state index in [9.17, 15) is 0 Å². The molecule has 0 saturated carbocycles. The first-order valence-electron chi connectivity index (χ1n) is 6.06. The first kappa shape index (κ1) is 11.4. The maximum atomic E-state index is 5.15. The number of hydrogen-bond donors (Lipinski definition) is 3. The Morgan fingerprint density at radius 3 is 3.22 bits per heavy atom. The number of thiocarbonyl (C=S) groups is 1. The van der Waals surface area contributed by atoms with Gasteiger partial charge in [0.25, 0.3) is 0 Å². The maximum Gasteiger partial charge on any atom is 0.166 e. The Hall–Kier alpha value is -1.69. The molecule has 1 aliphatic rings. The first-order chi connectivity index (χ1) is 8.78. The Labute approximate surface area is 110 Å². The SMILES string of the molecule is CNC(=S)NC1CCc2c(cnc3[nH]ncc23)C1. The van der Waals surface area contributed by atoms with E-state index in [2.05, 4.69) is 25.8 Å². The zero-order chi connectivity index (χ0) is 12.5. The molecule has 2 heterocycles. The Morgan fingerprint density at radius 1 is 1.50 bits per heavy atom. The van der Waals surface area contributed by atoms with Gasteiger partial charge in [-0.05, 0) is 42.6 Å². The summed E-state index contributed by atoms with van der Waals surface area (Å²) in [5.74, 6) is 0. The molecule has 3 N–H and O–H groups in total. The molecule has 0 radical (unpaired) electrons. The summed E-state index contributed by atoms with van der Waals surface area (Å²) in [5.41, 5.74) is 3.56. The van der Waals surface area contributed by atoms with E-state index in [1.807, 2.05) is 19.4 Å². The van der Waals surface area contributed by atoms with Crippen LogP contribution in [0, 0.1) is 0 Å². The van der Waals surface area contributed by atoms with Gasteiger partial charge in [-0.2, -0.15) is 5.10 Å². The average Bonchev–Trinajstić information content (AvgIpc) is 2.86. The van der Waals surface area contributed by atoms with E-state index in [1.54, 1.807) is 0 Å². The minimum absolute atomic E-state index is 0.392. The fourth-order valence-electron chi connectivity index (χ4n) is 2.53. The summed E-state index contributed by atoms with van der Waals surface area (Å²) in [6.45, 7) is 0. The van der Waals surface area contributed by atoms with Crippen LogP contribution in [0.25, 0.3) is 11.0 Å². The molecular formula is C12H15N5S. The summed E-state index contributed by atoms with van der Waals surface area (Å²) in [4.78, 5) is 4.39. The van der Waals surface area contributed by atoms with Gasteiger partial charge in [0.15, 0.2) is 10.8 Å². The topological polar surface area (TPSA) is 65.6 Å². The molecule has 6 heteroatoms. The van der Waals surface area contributed by atoms with Gasteiger partial charge in [0.2, 0.25) is 0 Å². The van der Waals surface area contributed by atoms with E-state index < -0.39 is 0 Å². The Kier molecular flexibility index (Phi) is 2.87. The summed E-state index contributed by atoms with van der Waals surface area (Å²) in [7, 11) is 1.84. The van der Waals surface area contributed by atoms with Crippen molar-refractivity contribution >= 4 is 28.4 Å². The van der Waals surface area contributed by atoms with E-state index in [-0.39, 0.29) is 0 Å². The number of fused-ring (bicyclic) bond motifs is 3. The van der Waals surface area contributed by atoms with Crippen LogP contribution >= 0.6 is 12.2 Å². The Balaban J connectivity index is 1.87. The number of pyridine rings is 1. The van der Waals surface area contributed by atoms with Crippen molar-refractivity contribution in [3.8, 4) is 0 Å². The van der Waals surface area contributed by atoms with Crippen molar-refractivity contribution in [1.29, 1.82) is 0 Å². The molecule has 0 saturated heterocycles. The van der Waals surface area contributed by atoms with Gasteiger partial charge in [0.1, 0.15) is 0 Å². The third-order valence-electron chi connectivity index (χ3n) is 3.45. The highest BCUT2D eigenvalue weighted by molar-refractivity contribution is 7.80. The van der Waals surface area contributed by atoms with Crippen LogP contribution in [0.4, 0.5) is 0 Å². The van der Waals surface area contributed by atoms with Gasteiger partial charge in [-0.25, -0.2) is 4.98 Å². The van der Waals surface area contributed by atoms with Crippen molar-refractivity contribution < 1.29 is 0 Å². The molecule has 0 bridgehead atoms. The smallest absolute Gasteiger partial charge is 0.166 e. The molecule has 0 amide bonds. The van der Waals surface area contributed by atoms with Crippen molar-refractivity contribution in [2.24, 2.45) is 0 Å². The molecule has 2 aromatic rings. The van der Waals surface area contributed by atoms with Crippen LogP contribution < -0.4 is 10.6 Å². The van der Waals surface area contributed by atoms with E-state index in [0.29, 0.717) is 11.2 Å². The molecule has 1 aliphatic carbocycles. The predicted octanol–water partition coefficient (Wildman–Crippen LogP) is 0.909. The molecule has 1 atom stereocenters. The predicted molar refractivity (Wildman–Crippen MR) is 74.5 cm³/mol. The minimum atomic E-state index is 0.392. The number of aromatic amines is 1. The summed E-state index contributed by atoms with van der Waals surface area (Å²) in [6, 6.07) is 0.392. The van der Waals surface area contributed by atoms with Gasteiger partial charge in [-0.1, -0.05) is 0 Å². The number of nitrogens with zero attached hydrogens (tertiary/aromatic N) is 2. The highest BCUT2D eigenvalue weighted by Crippen LogP contribution is 2.26. The number of hydrogen-bond acceptors (Lipinski definition) is 3. The molecule has 0 aliphatic heterocycles. The quantitative estimate of drug-likeness (QED) is 0.666. The van der Waals surface area contributed by atoms with Crippen LogP contribution in [0.15, 0.2) is 12.4 Å². The molecular weight excluding hydrogens is 246 g/mol. The second-order valence-electron chi connectivity index (χ2n) is 4.56. The highest BCUT2D eigenvalue weighted by Gasteiger charge is 2.21. The second kappa shape index (κ2) is 4.53. The molecule has 94 valence electrons. The fourth-order valence-corrected chi connectivity index (χ4v) is 2.70. The van der Waals surface area contributed by atoms with E-state index in [4.69, 9.17) is 12.2 Å². The molecule has 0 aromatic carbocycles. The van der Waals surface area contributed by atoms with Gasteiger partial charge in [0.05, 0.1) is 6.20 Å². The molecule has 1 unspecified atom stereocenters. The summed E-state index contributed by atoms with van der Waals surface area (Å²) in [6.07, 6.45) is 6.90. The Morgan fingerprint density at radius 2 is 2.39 bits per heavy atom. The third-order valence-corrected chi connectivity index (χ3v) is 3.77. The molecule has 5 nitrogen and oxygen atoms in total. The fraction of sp³-hybridized carbons (Fsp3) is 0.417. The van der Waals surface area contributed by atoms with Gasteiger partial charge in [0, 0.05) is 24.7 Å². The zero-order valence-corrected chi connectivity index (χ0v) is 11.0. The molecule has 18 heavy (non-hydrogen) atoms. The van der Waals surface area contributed by atoms with Crippen LogP contribution in [-0.4, -0.2) is 33.4 Å². The lowest BCUT2D eigenvalue weighted by Gasteiger charge is -2.26. The van der Waals surface area contributed by atoms with Gasteiger partial charge in [-0.3, -0.25) is 5.10 Å². The molecule has 2 aromatic heterocycles. The van der Waals surface area contributed by atoms with E-state index >= 15 is 0 Å². The number of rotatable bonds is 1. The van der Waals surface area contributed by atoms with Crippen molar-refractivity contribution in [3.05, 3.63) is 23.5 Å². The zero-order valence-electron chi connectivity index (χ0n) is 10.2. The van der Waals surface area contributed by atoms with Crippen LogP contribution in [0.2, 0.25) is 0 Å². The number of aryl methyl sites for hydroxylation is 1. The summed E-state index contributed by atoms with van der Waals surface area (Å²) in [5, 5.41) is 15.1. The van der Waals surface area contributed by atoms with Crippen molar-refractivity contribution in [2.45, 2.75) is 25.3 Å². The van der Waals surface area contributed by atoms with E-state index in [1.165, 1.54) is 11.1 Å². The lowest BCUT2D eigenvalue weighted by atomic mass is 9.88. The second-order valence-corrected chi connectivity index (χ2v) is 4.97. The number of aromatic nitrogens is 3. The standard InChI is InChI=1S/C12H15N5S/c1-13-12(18)16-8-2-3-9-7(4-8)5-14-11-10(9)6-15-17-11/h5-6,8H,2-4H2,1H3,(H2,13,16,18)(H,14,15,17). The van der Waals surface area contributed by atoms with Gasteiger partial charge < -0.3 is 10.6 Å². The third kappa shape index (κ3) is 1.92. The average molecular weight is 261 g/mol. The van der Waals surface area contributed by atoms with Crippen LogP contribution in [0.1, 0.15) is 17.5 Å².